The molecule has 0 bridgehead atoms. The first-order chi connectivity index (χ1) is 11.4. The first kappa shape index (κ1) is 17.8. The van der Waals surface area contributed by atoms with Crippen molar-refractivity contribution in [2.45, 2.75) is 26.8 Å². The van der Waals surface area contributed by atoms with Crippen LogP contribution in [-0.4, -0.2) is 41.0 Å². The molecule has 24 heavy (non-hydrogen) atoms. The monoisotopic (exact) mass is 333 g/mol. The Bertz CT molecular complexity index is 615. The highest BCUT2D eigenvalue weighted by Crippen LogP contribution is 2.23. The zero-order chi connectivity index (χ0) is 17.7. The number of carbonyl (C=O) groups is 3. The number of carboxylic acids is 1. The normalized spacial score (nSPS) is 20.3. The minimum Gasteiger partial charge on any atom is -0.481 e. The largest absolute Gasteiger partial charge is 0.481 e. The molecule has 1 aromatic carbocycles. The Morgan fingerprint density at radius 3 is 2.50 bits per heavy atom. The average molecular weight is 333 g/mol. The molecule has 1 aliphatic rings. The van der Waals surface area contributed by atoms with E-state index >= 15 is 0 Å². The highest BCUT2D eigenvalue weighted by Gasteiger charge is 2.33. The molecule has 1 saturated heterocycles. The first-order valence-electron chi connectivity index (χ1n) is 7.99. The quantitative estimate of drug-likeness (QED) is 0.783. The van der Waals surface area contributed by atoms with Crippen molar-refractivity contribution in [3.05, 3.63) is 29.8 Å². The molecule has 1 heterocycles. The number of hydrogen-bond donors (Lipinski definition) is 3. The van der Waals surface area contributed by atoms with Gasteiger partial charge in [-0.05, 0) is 30.0 Å². The lowest BCUT2D eigenvalue weighted by atomic mass is 9.87. The molecule has 0 saturated carbocycles. The number of anilines is 1. The van der Waals surface area contributed by atoms with Crippen LogP contribution in [0.3, 0.4) is 0 Å². The maximum atomic E-state index is 12.2. The van der Waals surface area contributed by atoms with Gasteiger partial charge in [0.2, 0.25) is 5.91 Å². The third kappa shape index (κ3) is 4.71. The lowest BCUT2D eigenvalue weighted by Gasteiger charge is -2.34. The van der Waals surface area contributed by atoms with Crippen LogP contribution in [0.1, 0.15) is 25.8 Å². The molecule has 1 aromatic rings. The number of carboxylic acid groups (broad SMARTS) is 1. The highest BCUT2D eigenvalue weighted by molar-refractivity contribution is 5.88. The summed E-state index contributed by atoms with van der Waals surface area (Å²) in [7, 11) is 0. The molecule has 0 aliphatic carbocycles. The van der Waals surface area contributed by atoms with Gasteiger partial charge in [0.05, 0.1) is 5.92 Å². The topological polar surface area (TPSA) is 98.7 Å². The van der Waals surface area contributed by atoms with Crippen molar-refractivity contribution in [2.75, 3.05) is 18.4 Å². The predicted octanol–water partition coefficient (Wildman–Crippen LogP) is 1.90. The van der Waals surface area contributed by atoms with Crippen LogP contribution in [0.4, 0.5) is 10.5 Å². The van der Waals surface area contributed by atoms with Gasteiger partial charge < -0.3 is 20.6 Å². The van der Waals surface area contributed by atoms with Crippen LogP contribution in [0.15, 0.2) is 24.3 Å². The van der Waals surface area contributed by atoms with Crippen molar-refractivity contribution in [2.24, 2.45) is 11.8 Å². The number of likely N-dealkylation sites (tertiary alicyclic amines) is 1. The molecular formula is C17H23N3O4. The van der Waals surface area contributed by atoms with Crippen LogP contribution >= 0.6 is 0 Å². The van der Waals surface area contributed by atoms with Crippen molar-refractivity contribution < 1.29 is 19.5 Å². The molecule has 7 nitrogen and oxygen atoms in total. The van der Waals surface area contributed by atoms with E-state index in [1.165, 1.54) is 6.92 Å². The molecule has 0 radical (unpaired) electrons. The summed E-state index contributed by atoms with van der Waals surface area (Å²) < 4.78 is 0. The number of nitrogens with one attached hydrogen (secondary N) is 2. The standard InChI is InChI=1S/C17H23N3O4/c1-11-7-8-20(10-15(11)16(22)23)17(24)18-9-13-3-5-14(6-4-13)19-12(2)21/h3-6,11,15H,7-10H2,1-2H3,(H,18,24)(H,19,21)(H,22,23). The van der Waals surface area contributed by atoms with E-state index in [0.717, 1.165) is 5.56 Å². The van der Waals surface area contributed by atoms with Crippen molar-refractivity contribution in [3.8, 4) is 0 Å². The second-order valence-corrected chi connectivity index (χ2v) is 6.19. The van der Waals surface area contributed by atoms with E-state index < -0.39 is 11.9 Å². The zero-order valence-corrected chi connectivity index (χ0v) is 13.9. The minimum atomic E-state index is -0.853. The lowest BCUT2D eigenvalue weighted by Crippen LogP contribution is -2.49. The summed E-state index contributed by atoms with van der Waals surface area (Å²) in [6.45, 7) is 4.51. The van der Waals surface area contributed by atoms with E-state index in [1.54, 1.807) is 17.0 Å². The van der Waals surface area contributed by atoms with E-state index in [4.69, 9.17) is 0 Å². The number of hydrogen-bond acceptors (Lipinski definition) is 3. The second-order valence-electron chi connectivity index (χ2n) is 6.19. The van der Waals surface area contributed by atoms with Crippen molar-refractivity contribution in [1.29, 1.82) is 0 Å². The molecular weight excluding hydrogens is 310 g/mol. The molecule has 130 valence electrons. The number of amides is 3. The fraction of sp³-hybridized carbons (Fsp3) is 0.471. The Labute approximate surface area is 141 Å². The summed E-state index contributed by atoms with van der Waals surface area (Å²) in [5.41, 5.74) is 1.60. The van der Waals surface area contributed by atoms with Gasteiger partial charge in [0.25, 0.3) is 0 Å². The fourth-order valence-corrected chi connectivity index (χ4v) is 2.77. The fourth-order valence-electron chi connectivity index (χ4n) is 2.77. The van der Waals surface area contributed by atoms with Gasteiger partial charge in [-0.1, -0.05) is 19.1 Å². The zero-order valence-electron chi connectivity index (χ0n) is 13.9. The molecule has 2 rings (SSSR count). The van der Waals surface area contributed by atoms with Crippen LogP contribution in [0, 0.1) is 11.8 Å². The Balaban J connectivity index is 1.86. The van der Waals surface area contributed by atoms with E-state index in [-0.39, 0.29) is 24.4 Å². The van der Waals surface area contributed by atoms with Gasteiger partial charge in [-0.3, -0.25) is 9.59 Å². The molecule has 7 heteroatoms. The maximum absolute atomic E-state index is 12.2. The third-order valence-corrected chi connectivity index (χ3v) is 4.28. The van der Waals surface area contributed by atoms with Gasteiger partial charge in [-0.25, -0.2) is 4.79 Å². The molecule has 0 spiro atoms. The summed E-state index contributed by atoms with van der Waals surface area (Å²) in [6, 6.07) is 6.94. The Hall–Kier alpha value is -2.57. The van der Waals surface area contributed by atoms with Gasteiger partial charge in [-0.2, -0.15) is 0 Å². The predicted molar refractivity (Wildman–Crippen MR) is 89.5 cm³/mol. The SMILES string of the molecule is CC(=O)Nc1ccc(CNC(=O)N2CCC(C)C(C(=O)O)C2)cc1. The van der Waals surface area contributed by atoms with Crippen LogP contribution in [0.25, 0.3) is 0 Å². The number of nitrogens with zero attached hydrogens (tertiary/aromatic N) is 1. The van der Waals surface area contributed by atoms with Crippen LogP contribution in [0.2, 0.25) is 0 Å². The molecule has 1 fully saturated rings. The second kappa shape index (κ2) is 7.81. The first-order valence-corrected chi connectivity index (χ1v) is 7.99. The lowest BCUT2D eigenvalue weighted by molar-refractivity contribution is -0.145. The van der Waals surface area contributed by atoms with Crippen LogP contribution < -0.4 is 10.6 Å². The van der Waals surface area contributed by atoms with Crippen LogP contribution in [-0.2, 0) is 16.1 Å². The number of carbonyl (C=O) groups excluding carboxylic acids is 2. The Kier molecular flexibility index (Phi) is 5.78. The molecule has 0 aromatic heterocycles. The molecule has 2 unspecified atom stereocenters. The minimum absolute atomic E-state index is 0.0767. The molecule has 1 aliphatic heterocycles. The summed E-state index contributed by atoms with van der Waals surface area (Å²) >= 11 is 0. The molecule has 2 atom stereocenters. The van der Waals surface area contributed by atoms with Gasteiger partial charge in [0.1, 0.15) is 0 Å². The summed E-state index contributed by atoms with van der Waals surface area (Å²) in [5.74, 6) is -1.42. The van der Waals surface area contributed by atoms with E-state index in [9.17, 15) is 19.5 Å². The summed E-state index contributed by atoms with van der Waals surface area (Å²) in [6.07, 6.45) is 0.690. The number of rotatable bonds is 4. The van der Waals surface area contributed by atoms with Crippen LogP contribution in [0.5, 0.6) is 0 Å². The van der Waals surface area contributed by atoms with Gasteiger partial charge in [0.15, 0.2) is 0 Å². The highest BCUT2D eigenvalue weighted by atomic mass is 16.4. The van der Waals surface area contributed by atoms with Gasteiger partial charge in [0, 0.05) is 32.2 Å². The Morgan fingerprint density at radius 1 is 1.25 bits per heavy atom. The third-order valence-electron chi connectivity index (χ3n) is 4.28. The Morgan fingerprint density at radius 2 is 1.92 bits per heavy atom. The molecule has 3 amide bonds. The number of piperidine rings is 1. The number of urea groups is 1. The van der Waals surface area contributed by atoms with E-state index in [0.29, 0.717) is 25.2 Å². The number of aliphatic carboxylic acids is 1. The van der Waals surface area contributed by atoms with Crippen molar-refractivity contribution >= 4 is 23.6 Å². The smallest absolute Gasteiger partial charge is 0.317 e. The summed E-state index contributed by atoms with van der Waals surface area (Å²) in [5, 5.41) is 14.7. The van der Waals surface area contributed by atoms with E-state index in [2.05, 4.69) is 10.6 Å². The summed E-state index contributed by atoms with van der Waals surface area (Å²) in [4.78, 5) is 36.0. The maximum Gasteiger partial charge on any atom is 0.317 e. The van der Waals surface area contributed by atoms with Gasteiger partial charge >= 0.3 is 12.0 Å². The van der Waals surface area contributed by atoms with E-state index in [1.807, 2.05) is 19.1 Å². The van der Waals surface area contributed by atoms with Crippen molar-refractivity contribution in [3.63, 3.8) is 0 Å². The number of benzene rings is 1. The van der Waals surface area contributed by atoms with Crippen molar-refractivity contribution in [1.82, 2.24) is 10.2 Å². The molecule has 3 N–H and O–H groups in total. The van der Waals surface area contributed by atoms with Gasteiger partial charge in [-0.15, -0.1) is 0 Å². The average Bonchev–Trinajstić information content (AvgIpc) is 2.53.